The number of rotatable bonds is 3. The maximum absolute atomic E-state index is 4.60. The molecule has 2 heterocycles. The van der Waals surface area contributed by atoms with E-state index in [-0.39, 0.29) is 0 Å². The Morgan fingerprint density at radius 2 is 2.00 bits per heavy atom. The first-order valence-corrected chi connectivity index (χ1v) is 6.16. The lowest BCUT2D eigenvalue weighted by molar-refractivity contribution is 0.383. The SMILES string of the molecule is CC.CCn1c(CN(C)C)nc2ccncc21. The highest BCUT2D eigenvalue weighted by Gasteiger charge is 2.09. The van der Waals surface area contributed by atoms with Crippen LogP contribution in [0.3, 0.4) is 0 Å². The molecule has 4 nitrogen and oxygen atoms in total. The van der Waals surface area contributed by atoms with Crippen LogP contribution < -0.4 is 0 Å². The number of nitrogens with zero attached hydrogens (tertiary/aromatic N) is 4. The summed E-state index contributed by atoms with van der Waals surface area (Å²) >= 11 is 0. The summed E-state index contributed by atoms with van der Waals surface area (Å²) in [6, 6.07) is 1.96. The molecule has 2 aromatic rings. The Balaban J connectivity index is 0.000000686. The van der Waals surface area contributed by atoms with Gasteiger partial charge in [0.05, 0.1) is 23.8 Å². The molecule has 0 aromatic carbocycles. The van der Waals surface area contributed by atoms with E-state index >= 15 is 0 Å². The summed E-state index contributed by atoms with van der Waals surface area (Å²) in [5.74, 6) is 1.10. The molecule has 0 unspecified atom stereocenters. The summed E-state index contributed by atoms with van der Waals surface area (Å²) < 4.78 is 2.21. The Morgan fingerprint density at radius 3 is 2.59 bits per heavy atom. The summed E-state index contributed by atoms with van der Waals surface area (Å²) in [7, 11) is 4.11. The lowest BCUT2D eigenvalue weighted by Gasteiger charge is -2.10. The Bertz CT molecular complexity index is 459. The lowest BCUT2D eigenvalue weighted by atomic mass is 10.4. The molecule has 0 atom stereocenters. The highest BCUT2D eigenvalue weighted by Crippen LogP contribution is 2.15. The van der Waals surface area contributed by atoms with Crippen LogP contribution in [0.25, 0.3) is 11.0 Å². The predicted octanol–water partition coefficient (Wildman–Crippen LogP) is 2.54. The van der Waals surface area contributed by atoms with Gasteiger partial charge in [-0.2, -0.15) is 0 Å². The number of hydrogen-bond donors (Lipinski definition) is 0. The summed E-state index contributed by atoms with van der Waals surface area (Å²) in [6.07, 6.45) is 3.67. The maximum atomic E-state index is 4.60. The van der Waals surface area contributed by atoms with Gasteiger partial charge in [0.25, 0.3) is 0 Å². The molecule has 4 heteroatoms. The van der Waals surface area contributed by atoms with Gasteiger partial charge in [0.2, 0.25) is 0 Å². The van der Waals surface area contributed by atoms with Gasteiger partial charge < -0.3 is 9.47 Å². The highest BCUT2D eigenvalue weighted by atomic mass is 15.2. The first-order chi connectivity index (χ1) is 8.22. The predicted molar refractivity (Wildman–Crippen MR) is 71.9 cm³/mol. The maximum Gasteiger partial charge on any atom is 0.124 e. The first-order valence-electron chi connectivity index (χ1n) is 6.16. The number of fused-ring (bicyclic) bond motifs is 1. The Morgan fingerprint density at radius 1 is 1.29 bits per heavy atom. The van der Waals surface area contributed by atoms with Gasteiger partial charge in [-0.15, -0.1) is 0 Å². The van der Waals surface area contributed by atoms with Crippen LogP contribution in [0.2, 0.25) is 0 Å². The molecule has 0 saturated carbocycles. The minimum Gasteiger partial charge on any atom is -0.326 e. The van der Waals surface area contributed by atoms with Gasteiger partial charge in [0.15, 0.2) is 0 Å². The molecule has 0 fully saturated rings. The van der Waals surface area contributed by atoms with E-state index in [0.717, 1.165) is 29.9 Å². The quantitative estimate of drug-likeness (QED) is 0.818. The van der Waals surface area contributed by atoms with Crippen LogP contribution in [0.5, 0.6) is 0 Å². The Labute approximate surface area is 103 Å². The van der Waals surface area contributed by atoms with E-state index in [2.05, 4.69) is 40.5 Å². The monoisotopic (exact) mass is 234 g/mol. The summed E-state index contributed by atoms with van der Waals surface area (Å²) in [4.78, 5) is 10.9. The average molecular weight is 234 g/mol. The third kappa shape index (κ3) is 3.03. The van der Waals surface area contributed by atoms with E-state index < -0.39 is 0 Å². The molecule has 0 amide bonds. The van der Waals surface area contributed by atoms with Crippen molar-refractivity contribution < 1.29 is 0 Å². The smallest absolute Gasteiger partial charge is 0.124 e. The van der Waals surface area contributed by atoms with E-state index in [1.54, 1.807) is 6.20 Å². The largest absolute Gasteiger partial charge is 0.326 e. The van der Waals surface area contributed by atoms with Crippen molar-refractivity contribution in [2.45, 2.75) is 33.9 Å². The van der Waals surface area contributed by atoms with Crippen LogP contribution in [0.1, 0.15) is 26.6 Å². The van der Waals surface area contributed by atoms with Crippen LogP contribution in [0.4, 0.5) is 0 Å². The topological polar surface area (TPSA) is 34.0 Å². The first kappa shape index (κ1) is 13.6. The minimum absolute atomic E-state index is 0.864. The second-order valence-electron chi connectivity index (χ2n) is 3.87. The molecule has 0 aliphatic carbocycles. The molecule has 0 spiro atoms. The number of aryl methyl sites for hydroxylation is 1. The molecule has 17 heavy (non-hydrogen) atoms. The molecule has 0 bridgehead atoms. The van der Waals surface area contributed by atoms with Gasteiger partial charge >= 0.3 is 0 Å². The van der Waals surface area contributed by atoms with E-state index in [1.807, 2.05) is 26.1 Å². The summed E-state index contributed by atoms with van der Waals surface area (Å²) in [5, 5.41) is 0. The number of imidazole rings is 1. The van der Waals surface area contributed by atoms with Crippen molar-refractivity contribution in [3.63, 3.8) is 0 Å². The zero-order valence-electron chi connectivity index (χ0n) is 11.4. The fourth-order valence-corrected chi connectivity index (χ4v) is 1.78. The summed E-state index contributed by atoms with van der Waals surface area (Å²) in [6.45, 7) is 7.93. The van der Waals surface area contributed by atoms with E-state index in [4.69, 9.17) is 0 Å². The molecule has 0 aliphatic heterocycles. The minimum atomic E-state index is 0.864. The molecular formula is C13H22N4. The van der Waals surface area contributed by atoms with Gasteiger partial charge in [-0.1, -0.05) is 13.8 Å². The van der Waals surface area contributed by atoms with Crippen LogP contribution in [-0.2, 0) is 13.1 Å². The van der Waals surface area contributed by atoms with Crippen LogP contribution >= 0.6 is 0 Å². The molecule has 2 aromatic heterocycles. The molecule has 94 valence electrons. The van der Waals surface area contributed by atoms with Gasteiger partial charge in [-0.05, 0) is 27.1 Å². The van der Waals surface area contributed by atoms with Crippen molar-refractivity contribution in [3.8, 4) is 0 Å². The lowest BCUT2D eigenvalue weighted by Crippen LogP contribution is -2.15. The normalized spacial score (nSPS) is 10.5. The standard InChI is InChI=1S/C11H16N4.C2H6/c1-4-15-10-7-12-6-5-9(10)13-11(15)8-14(2)3;1-2/h5-7H,4,8H2,1-3H3;1-2H3. The van der Waals surface area contributed by atoms with Crippen LogP contribution in [-0.4, -0.2) is 33.5 Å². The highest BCUT2D eigenvalue weighted by molar-refractivity contribution is 5.74. The van der Waals surface area contributed by atoms with Crippen molar-refractivity contribution in [2.75, 3.05) is 14.1 Å². The van der Waals surface area contributed by atoms with Crippen LogP contribution in [0, 0.1) is 0 Å². The van der Waals surface area contributed by atoms with E-state index in [1.165, 1.54) is 0 Å². The van der Waals surface area contributed by atoms with Crippen molar-refractivity contribution in [1.82, 2.24) is 19.4 Å². The summed E-state index contributed by atoms with van der Waals surface area (Å²) in [5.41, 5.74) is 2.15. The van der Waals surface area contributed by atoms with E-state index in [0.29, 0.717) is 0 Å². The van der Waals surface area contributed by atoms with Gasteiger partial charge in [0.1, 0.15) is 5.82 Å². The zero-order chi connectivity index (χ0) is 12.8. The zero-order valence-corrected chi connectivity index (χ0v) is 11.4. The number of aromatic nitrogens is 3. The van der Waals surface area contributed by atoms with Crippen molar-refractivity contribution in [1.29, 1.82) is 0 Å². The third-order valence-corrected chi connectivity index (χ3v) is 2.40. The fraction of sp³-hybridized carbons (Fsp3) is 0.538. The van der Waals surface area contributed by atoms with Gasteiger partial charge in [-0.3, -0.25) is 4.98 Å². The van der Waals surface area contributed by atoms with Crippen molar-refractivity contribution in [3.05, 3.63) is 24.3 Å². The average Bonchev–Trinajstić information content (AvgIpc) is 2.67. The van der Waals surface area contributed by atoms with Gasteiger partial charge in [0, 0.05) is 12.7 Å². The van der Waals surface area contributed by atoms with E-state index in [9.17, 15) is 0 Å². The number of pyridine rings is 1. The molecular weight excluding hydrogens is 212 g/mol. The molecule has 0 aliphatic rings. The van der Waals surface area contributed by atoms with Crippen molar-refractivity contribution >= 4 is 11.0 Å². The second kappa shape index (κ2) is 6.35. The van der Waals surface area contributed by atoms with Crippen LogP contribution in [0.15, 0.2) is 18.5 Å². The molecule has 0 N–H and O–H groups in total. The molecule has 0 saturated heterocycles. The second-order valence-corrected chi connectivity index (χ2v) is 3.87. The van der Waals surface area contributed by atoms with Crippen molar-refractivity contribution in [2.24, 2.45) is 0 Å². The number of hydrogen-bond acceptors (Lipinski definition) is 3. The molecule has 0 radical (unpaired) electrons. The molecule has 2 rings (SSSR count). The Kier molecular flexibility index (Phi) is 5.10. The Hall–Kier alpha value is -1.42. The third-order valence-electron chi connectivity index (χ3n) is 2.40. The van der Waals surface area contributed by atoms with Gasteiger partial charge in [-0.25, -0.2) is 4.98 Å². The fourth-order valence-electron chi connectivity index (χ4n) is 1.78.